The fourth-order valence-corrected chi connectivity index (χ4v) is 2.45. The smallest absolute Gasteiger partial charge is 0.404 e. The Kier molecular flexibility index (Phi) is 3.21. The maximum absolute atomic E-state index is 10.7. The van der Waals surface area contributed by atoms with Gasteiger partial charge in [-0.1, -0.05) is 36.4 Å². The lowest BCUT2D eigenvalue weighted by molar-refractivity contribution is 0.158. The Hall–Kier alpha value is -2.62. The number of primary amides is 1. The fourth-order valence-electron chi connectivity index (χ4n) is 2.45. The minimum Gasteiger partial charge on any atom is -0.449 e. The average Bonchev–Trinajstić information content (AvgIpc) is 2.46. The van der Waals surface area contributed by atoms with Crippen LogP contribution >= 0.6 is 0 Å². The van der Waals surface area contributed by atoms with Crippen LogP contribution in [-0.4, -0.2) is 17.7 Å². The van der Waals surface area contributed by atoms with Crippen LogP contribution in [0.1, 0.15) is 5.56 Å². The number of fused-ring (bicyclic) bond motifs is 2. The quantitative estimate of drug-likeness (QED) is 0.741. The summed E-state index contributed by atoms with van der Waals surface area (Å²) in [7, 11) is 0. The molecule has 20 heavy (non-hydrogen) atoms. The number of amides is 1. The molecule has 0 aliphatic carbocycles. The zero-order valence-corrected chi connectivity index (χ0v) is 10.9. The van der Waals surface area contributed by atoms with Gasteiger partial charge in [0.05, 0.1) is 17.6 Å². The zero-order valence-electron chi connectivity index (χ0n) is 10.9. The van der Waals surface area contributed by atoms with E-state index in [0.717, 1.165) is 27.4 Å². The van der Waals surface area contributed by atoms with Crippen LogP contribution in [-0.2, 0) is 11.2 Å². The number of ether oxygens (including phenoxy) is 1. The van der Waals surface area contributed by atoms with Crippen molar-refractivity contribution in [1.82, 2.24) is 4.98 Å². The molecule has 2 aromatic carbocycles. The molecule has 0 aliphatic heterocycles. The van der Waals surface area contributed by atoms with E-state index >= 15 is 0 Å². The van der Waals surface area contributed by atoms with Gasteiger partial charge in [0.15, 0.2) is 0 Å². The minimum absolute atomic E-state index is 0.271. The lowest BCUT2D eigenvalue weighted by atomic mass is 10.0. The van der Waals surface area contributed by atoms with Crippen LogP contribution in [0.15, 0.2) is 48.5 Å². The Labute approximate surface area is 116 Å². The number of rotatable bonds is 3. The van der Waals surface area contributed by atoms with Gasteiger partial charge < -0.3 is 10.5 Å². The number of hydrogen-bond acceptors (Lipinski definition) is 3. The molecule has 2 N–H and O–H groups in total. The molecule has 0 aliphatic rings. The minimum atomic E-state index is -0.743. The van der Waals surface area contributed by atoms with Crippen LogP contribution in [0, 0.1) is 0 Å². The van der Waals surface area contributed by atoms with Crippen molar-refractivity contribution in [3.63, 3.8) is 0 Å². The lowest BCUT2D eigenvalue weighted by Crippen LogP contribution is -2.15. The van der Waals surface area contributed by atoms with Crippen molar-refractivity contribution in [2.45, 2.75) is 6.42 Å². The van der Waals surface area contributed by atoms with Crippen LogP contribution in [0.3, 0.4) is 0 Å². The summed E-state index contributed by atoms with van der Waals surface area (Å²) in [4.78, 5) is 15.4. The summed E-state index contributed by atoms with van der Waals surface area (Å²) >= 11 is 0. The first-order valence-electron chi connectivity index (χ1n) is 6.44. The van der Waals surface area contributed by atoms with Crippen molar-refractivity contribution in [3.8, 4) is 0 Å². The molecular formula is C16H14N2O2. The summed E-state index contributed by atoms with van der Waals surface area (Å²) in [6.45, 7) is 0.271. The lowest BCUT2D eigenvalue weighted by Gasteiger charge is -2.10. The molecule has 0 spiro atoms. The topological polar surface area (TPSA) is 65.2 Å². The monoisotopic (exact) mass is 266 g/mol. The van der Waals surface area contributed by atoms with E-state index in [1.54, 1.807) is 0 Å². The molecule has 4 nitrogen and oxygen atoms in total. The van der Waals surface area contributed by atoms with E-state index in [1.807, 2.05) is 48.5 Å². The maximum Gasteiger partial charge on any atom is 0.404 e. The molecule has 3 rings (SSSR count). The Morgan fingerprint density at radius 3 is 2.10 bits per heavy atom. The Balaban J connectivity index is 2.15. The predicted octanol–water partition coefficient (Wildman–Crippen LogP) is 3.03. The second kappa shape index (κ2) is 5.17. The molecule has 1 heterocycles. The number of nitrogens with zero attached hydrogens (tertiary/aromatic N) is 1. The van der Waals surface area contributed by atoms with E-state index < -0.39 is 6.09 Å². The molecule has 0 saturated carbocycles. The van der Waals surface area contributed by atoms with Gasteiger partial charge in [-0.05, 0) is 17.7 Å². The number of nitrogens with two attached hydrogens (primary N) is 1. The van der Waals surface area contributed by atoms with Gasteiger partial charge in [-0.2, -0.15) is 0 Å². The number of aromatic nitrogens is 1. The van der Waals surface area contributed by atoms with Gasteiger partial charge in [0.1, 0.15) is 0 Å². The van der Waals surface area contributed by atoms with Crippen LogP contribution in [0.5, 0.6) is 0 Å². The van der Waals surface area contributed by atoms with E-state index in [2.05, 4.69) is 4.98 Å². The highest BCUT2D eigenvalue weighted by atomic mass is 16.5. The molecule has 4 heteroatoms. The van der Waals surface area contributed by atoms with Gasteiger partial charge >= 0.3 is 6.09 Å². The highest BCUT2D eigenvalue weighted by molar-refractivity contribution is 5.97. The molecule has 0 radical (unpaired) electrons. The van der Waals surface area contributed by atoms with Gasteiger partial charge in [0.25, 0.3) is 0 Å². The van der Waals surface area contributed by atoms with Gasteiger partial charge in [-0.15, -0.1) is 0 Å². The van der Waals surface area contributed by atoms with E-state index in [1.165, 1.54) is 0 Å². The summed E-state index contributed by atoms with van der Waals surface area (Å²) in [5.41, 5.74) is 8.03. The summed E-state index contributed by atoms with van der Waals surface area (Å²) in [5, 5.41) is 2.17. The molecule has 0 unspecified atom stereocenters. The number of hydrogen-bond donors (Lipinski definition) is 1. The first-order chi connectivity index (χ1) is 9.75. The highest BCUT2D eigenvalue weighted by Crippen LogP contribution is 2.26. The molecule has 0 bridgehead atoms. The second-order valence-electron chi connectivity index (χ2n) is 4.54. The largest absolute Gasteiger partial charge is 0.449 e. The molecular weight excluding hydrogens is 252 g/mol. The summed E-state index contributed by atoms with van der Waals surface area (Å²) in [6, 6.07) is 15.9. The van der Waals surface area contributed by atoms with Gasteiger partial charge in [0, 0.05) is 17.2 Å². The summed E-state index contributed by atoms with van der Waals surface area (Å²) in [6.07, 6.45) is -0.125. The Morgan fingerprint density at radius 2 is 1.55 bits per heavy atom. The molecule has 1 amide bonds. The van der Waals surface area contributed by atoms with Crippen LogP contribution in [0.2, 0.25) is 0 Å². The van der Waals surface area contributed by atoms with Crippen molar-refractivity contribution in [3.05, 3.63) is 54.1 Å². The van der Waals surface area contributed by atoms with Crippen LogP contribution in [0.4, 0.5) is 4.79 Å². The predicted molar refractivity (Wildman–Crippen MR) is 78.5 cm³/mol. The average molecular weight is 266 g/mol. The molecule has 0 saturated heterocycles. The second-order valence-corrected chi connectivity index (χ2v) is 4.54. The molecule has 0 atom stereocenters. The number of carbonyl (C=O) groups is 1. The number of carbonyl (C=O) groups excluding carboxylic acids is 1. The molecule has 1 aromatic heterocycles. The third kappa shape index (κ3) is 2.28. The van der Waals surface area contributed by atoms with Crippen molar-refractivity contribution >= 4 is 27.9 Å². The fraction of sp³-hybridized carbons (Fsp3) is 0.125. The first-order valence-corrected chi connectivity index (χ1v) is 6.44. The normalized spacial score (nSPS) is 10.8. The van der Waals surface area contributed by atoms with Crippen molar-refractivity contribution in [2.75, 3.05) is 6.61 Å². The standard InChI is InChI=1S/C16H14N2O2/c17-16(19)20-10-9-11-12-5-1-3-7-14(12)18-15-8-4-2-6-13(11)15/h1-8H,9-10H2,(H2,17,19). The molecule has 3 aromatic rings. The van der Waals surface area contributed by atoms with Gasteiger partial charge in [-0.25, -0.2) is 9.78 Å². The maximum atomic E-state index is 10.7. The number of pyridine rings is 1. The SMILES string of the molecule is NC(=O)OCCc1c2ccccc2nc2ccccc12. The number of benzene rings is 2. The number of para-hydroxylation sites is 2. The van der Waals surface area contributed by atoms with Crippen LogP contribution in [0.25, 0.3) is 21.8 Å². The summed E-state index contributed by atoms with van der Waals surface area (Å²) < 4.78 is 4.86. The van der Waals surface area contributed by atoms with E-state index in [0.29, 0.717) is 6.42 Å². The van der Waals surface area contributed by atoms with Crippen molar-refractivity contribution in [2.24, 2.45) is 5.73 Å². The van der Waals surface area contributed by atoms with Gasteiger partial charge in [0.2, 0.25) is 0 Å². The Morgan fingerprint density at radius 1 is 1.00 bits per heavy atom. The highest BCUT2D eigenvalue weighted by Gasteiger charge is 2.08. The van der Waals surface area contributed by atoms with Crippen LogP contribution < -0.4 is 5.73 Å². The third-order valence-electron chi connectivity index (χ3n) is 3.30. The van der Waals surface area contributed by atoms with E-state index in [9.17, 15) is 4.79 Å². The van der Waals surface area contributed by atoms with Crippen molar-refractivity contribution in [1.29, 1.82) is 0 Å². The van der Waals surface area contributed by atoms with Gasteiger partial charge in [-0.3, -0.25) is 0 Å². The Bertz CT molecular complexity index is 730. The van der Waals surface area contributed by atoms with E-state index in [-0.39, 0.29) is 6.61 Å². The molecule has 0 fully saturated rings. The summed E-state index contributed by atoms with van der Waals surface area (Å²) in [5.74, 6) is 0. The first kappa shape index (κ1) is 12.4. The molecule has 100 valence electrons. The van der Waals surface area contributed by atoms with E-state index in [4.69, 9.17) is 10.5 Å². The van der Waals surface area contributed by atoms with Crippen molar-refractivity contribution < 1.29 is 9.53 Å². The zero-order chi connectivity index (χ0) is 13.9. The third-order valence-corrected chi connectivity index (χ3v) is 3.30.